The van der Waals surface area contributed by atoms with Crippen LogP contribution in [0.3, 0.4) is 0 Å². The Labute approximate surface area is 131 Å². The van der Waals surface area contributed by atoms with Crippen LogP contribution in [0, 0.1) is 10.1 Å². The topological polar surface area (TPSA) is 65.3 Å². The molecule has 0 fully saturated rings. The number of nitro groups is 1. The number of hydrogen-bond donors (Lipinski definition) is 0. The molecule has 5 nitrogen and oxygen atoms in total. The van der Waals surface area contributed by atoms with E-state index in [0.29, 0.717) is 12.4 Å². The van der Waals surface area contributed by atoms with Gasteiger partial charge in [0, 0.05) is 6.07 Å². The third-order valence-corrected chi connectivity index (χ3v) is 4.23. The van der Waals surface area contributed by atoms with Crippen LogP contribution in [0.1, 0.15) is 13.3 Å². The molecule has 0 aliphatic rings. The predicted molar refractivity (Wildman–Crippen MR) is 87.5 cm³/mol. The second kappa shape index (κ2) is 6.11. The largest absolute Gasteiger partial charge is 0.493 e. The molecule has 22 heavy (non-hydrogen) atoms. The molecule has 0 aliphatic heterocycles. The van der Waals surface area contributed by atoms with Crippen molar-refractivity contribution < 1.29 is 9.66 Å². The number of para-hydroxylation sites is 1. The van der Waals surface area contributed by atoms with Gasteiger partial charge in [0.1, 0.15) is 10.8 Å². The summed E-state index contributed by atoms with van der Waals surface area (Å²) < 4.78 is 6.77. The Morgan fingerprint density at radius 1 is 1.27 bits per heavy atom. The lowest BCUT2D eigenvalue weighted by atomic mass is 10.2. The molecule has 0 N–H and O–H groups in total. The molecule has 0 atom stereocenters. The van der Waals surface area contributed by atoms with Crippen molar-refractivity contribution in [3.63, 3.8) is 0 Å². The zero-order chi connectivity index (χ0) is 15.5. The van der Waals surface area contributed by atoms with Gasteiger partial charge in [0.25, 0.3) is 5.69 Å². The second-order valence-electron chi connectivity index (χ2n) is 4.77. The number of hydrogen-bond acceptors (Lipinski definition) is 5. The smallest absolute Gasteiger partial charge is 0.273 e. The molecule has 0 saturated carbocycles. The lowest BCUT2D eigenvalue weighted by Gasteiger charge is -2.08. The van der Waals surface area contributed by atoms with Gasteiger partial charge in [-0.2, -0.15) is 0 Å². The predicted octanol–water partition coefficient (Wildman–Crippen LogP) is 4.66. The maximum absolute atomic E-state index is 11.0. The van der Waals surface area contributed by atoms with Crippen molar-refractivity contribution in [3.8, 4) is 16.3 Å². The Morgan fingerprint density at radius 2 is 2.09 bits per heavy atom. The van der Waals surface area contributed by atoms with Crippen LogP contribution in [0.4, 0.5) is 5.69 Å². The minimum absolute atomic E-state index is 0.0240. The van der Waals surface area contributed by atoms with Crippen LogP contribution in [-0.4, -0.2) is 16.5 Å². The minimum Gasteiger partial charge on any atom is -0.493 e. The first-order valence-electron chi connectivity index (χ1n) is 6.96. The highest BCUT2D eigenvalue weighted by Crippen LogP contribution is 2.37. The van der Waals surface area contributed by atoms with E-state index in [0.717, 1.165) is 27.2 Å². The fourth-order valence-corrected chi connectivity index (χ4v) is 3.12. The van der Waals surface area contributed by atoms with Gasteiger partial charge in [-0.25, -0.2) is 4.98 Å². The molecule has 0 radical (unpaired) electrons. The molecule has 0 saturated heterocycles. The lowest BCUT2D eigenvalue weighted by Crippen LogP contribution is -1.98. The van der Waals surface area contributed by atoms with Crippen molar-refractivity contribution in [3.05, 3.63) is 52.6 Å². The highest BCUT2D eigenvalue weighted by atomic mass is 32.1. The summed E-state index contributed by atoms with van der Waals surface area (Å²) in [6.07, 6.45) is 0.835. The van der Waals surface area contributed by atoms with E-state index in [1.807, 2.05) is 31.2 Å². The van der Waals surface area contributed by atoms with Crippen LogP contribution in [0.2, 0.25) is 0 Å². The molecule has 3 aromatic rings. The van der Waals surface area contributed by atoms with E-state index < -0.39 is 4.92 Å². The van der Waals surface area contributed by atoms with Gasteiger partial charge in [-0.1, -0.05) is 19.1 Å². The van der Waals surface area contributed by atoms with Gasteiger partial charge in [-0.05, 0) is 24.6 Å². The Kier molecular flexibility index (Phi) is 4.02. The Bertz CT molecular complexity index is 796. The van der Waals surface area contributed by atoms with Crippen LogP contribution in [0.15, 0.2) is 42.5 Å². The summed E-state index contributed by atoms with van der Waals surface area (Å²) in [5, 5.41) is 11.8. The van der Waals surface area contributed by atoms with Crippen molar-refractivity contribution in [2.75, 3.05) is 6.61 Å². The fourth-order valence-electron chi connectivity index (χ4n) is 2.12. The highest BCUT2D eigenvalue weighted by Gasteiger charge is 2.16. The second-order valence-corrected chi connectivity index (χ2v) is 5.80. The summed E-state index contributed by atoms with van der Waals surface area (Å²) in [6, 6.07) is 12.5. The third-order valence-electron chi connectivity index (χ3n) is 3.16. The first-order valence-corrected chi connectivity index (χ1v) is 7.78. The minimum atomic E-state index is -0.416. The van der Waals surface area contributed by atoms with E-state index in [-0.39, 0.29) is 5.69 Å². The van der Waals surface area contributed by atoms with Crippen molar-refractivity contribution in [1.82, 2.24) is 4.98 Å². The zero-order valence-corrected chi connectivity index (χ0v) is 12.8. The molecule has 0 unspecified atom stereocenters. The van der Waals surface area contributed by atoms with E-state index in [1.54, 1.807) is 17.4 Å². The maximum atomic E-state index is 11.0. The number of non-ortho nitro benzene ring substituents is 1. The number of nitrogens with zero attached hydrogens (tertiary/aromatic N) is 2. The Morgan fingerprint density at radius 3 is 2.82 bits per heavy atom. The van der Waals surface area contributed by atoms with E-state index >= 15 is 0 Å². The quantitative estimate of drug-likeness (QED) is 0.507. The molecule has 0 bridgehead atoms. The average Bonchev–Trinajstić information content (AvgIpc) is 2.96. The summed E-state index contributed by atoms with van der Waals surface area (Å²) >= 11 is 1.55. The number of fused-ring (bicyclic) bond motifs is 1. The number of nitro benzene ring substituents is 1. The summed E-state index contributed by atoms with van der Waals surface area (Å²) in [6.45, 7) is 2.51. The maximum Gasteiger partial charge on any atom is 0.273 e. The first kappa shape index (κ1) is 14.5. The molecule has 0 aliphatic carbocycles. The summed E-state index contributed by atoms with van der Waals surface area (Å²) in [7, 11) is 0. The van der Waals surface area contributed by atoms with E-state index in [1.165, 1.54) is 12.1 Å². The molecule has 0 amide bonds. The zero-order valence-electron chi connectivity index (χ0n) is 12.0. The van der Waals surface area contributed by atoms with Crippen molar-refractivity contribution in [2.45, 2.75) is 13.3 Å². The van der Waals surface area contributed by atoms with E-state index in [2.05, 4.69) is 4.98 Å². The van der Waals surface area contributed by atoms with Crippen LogP contribution in [0.5, 0.6) is 5.75 Å². The molecule has 3 rings (SSSR count). The van der Waals surface area contributed by atoms with E-state index in [4.69, 9.17) is 4.74 Å². The lowest BCUT2D eigenvalue weighted by molar-refractivity contribution is -0.384. The molecule has 1 aromatic heterocycles. The van der Waals surface area contributed by atoms with Gasteiger partial charge in [-0.15, -0.1) is 11.3 Å². The number of ether oxygens (including phenoxy) is 1. The molecule has 0 spiro atoms. The molecular weight excluding hydrogens is 300 g/mol. The molecule has 6 heteroatoms. The van der Waals surface area contributed by atoms with Crippen molar-refractivity contribution in [2.24, 2.45) is 0 Å². The normalized spacial score (nSPS) is 10.8. The van der Waals surface area contributed by atoms with Gasteiger partial charge in [0.15, 0.2) is 0 Å². The Hall–Kier alpha value is -2.47. The number of rotatable bonds is 5. The van der Waals surface area contributed by atoms with Crippen LogP contribution < -0.4 is 4.74 Å². The van der Waals surface area contributed by atoms with Crippen LogP contribution >= 0.6 is 11.3 Å². The Balaban J connectivity index is 2.09. The van der Waals surface area contributed by atoms with Gasteiger partial charge >= 0.3 is 0 Å². The molecule has 112 valence electrons. The fraction of sp³-hybridized carbons (Fsp3) is 0.188. The molecular formula is C16H14N2O3S. The summed E-state index contributed by atoms with van der Waals surface area (Å²) in [4.78, 5) is 15.1. The van der Waals surface area contributed by atoms with Gasteiger partial charge in [0.05, 0.1) is 33.4 Å². The summed E-state index contributed by atoms with van der Waals surface area (Å²) in [5.74, 6) is 0.509. The van der Waals surface area contributed by atoms with Crippen LogP contribution in [-0.2, 0) is 0 Å². The van der Waals surface area contributed by atoms with Gasteiger partial charge in [-0.3, -0.25) is 10.1 Å². The number of thiazole rings is 1. The summed E-state index contributed by atoms with van der Waals surface area (Å²) in [5.41, 5.74) is 1.73. The van der Waals surface area contributed by atoms with Gasteiger partial charge in [0.2, 0.25) is 0 Å². The molecule has 2 aromatic carbocycles. The van der Waals surface area contributed by atoms with Crippen molar-refractivity contribution in [1.29, 1.82) is 0 Å². The highest BCUT2D eigenvalue weighted by molar-refractivity contribution is 7.21. The van der Waals surface area contributed by atoms with Gasteiger partial charge < -0.3 is 4.74 Å². The SMILES string of the molecule is CCCOc1cc([N+](=O)[O-])ccc1-c1nc2ccccc2s1. The van der Waals surface area contributed by atoms with Crippen LogP contribution in [0.25, 0.3) is 20.8 Å². The standard InChI is InChI=1S/C16H14N2O3S/c1-2-9-21-14-10-11(18(19)20)7-8-12(14)16-17-13-5-3-4-6-15(13)22-16/h3-8,10H,2,9H2,1H3. The average molecular weight is 314 g/mol. The number of benzene rings is 2. The first-order chi connectivity index (χ1) is 10.7. The van der Waals surface area contributed by atoms with Crippen molar-refractivity contribution >= 4 is 27.2 Å². The monoisotopic (exact) mass is 314 g/mol. The number of aromatic nitrogens is 1. The third kappa shape index (κ3) is 2.78. The van der Waals surface area contributed by atoms with E-state index in [9.17, 15) is 10.1 Å². The molecule has 1 heterocycles.